The summed E-state index contributed by atoms with van der Waals surface area (Å²) in [6.07, 6.45) is 2.26. The molecule has 2 saturated heterocycles. The normalized spacial score (nSPS) is 35.8. The van der Waals surface area contributed by atoms with Crippen LogP contribution in [-0.2, 0) is 0 Å². The molecule has 0 aliphatic carbocycles. The van der Waals surface area contributed by atoms with Gasteiger partial charge in [0, 0.05) is 17.8 Å². The van der Waals surface area contributed by atoms with E-state index in [0.29, 0.717) is 10.7 Å². The third-order valence-corrected chi connectivity index (χ3v) is 4.98. The van der Waals surface area contributed by atoms with Crippen LogP contribution >= 0.6 is 11.8 Å². The van der Waals surface area contributed by atoms with Crippen LogP contribution in [0.4, 0.5) is 0 Å². The van der Waals surface area contributed by atoms with Gasteiger partial charge in [-0.25, -0.2) is 0 Å². The fourth-order valence-electron chi connectivity index (χ4n) is 2.29. The van der Waals surface area contributed by atoms with Gasteiger partial charge < -0.3 is 10.4 Å². The van der Waals surface area contributed by atoms with Gasteiger partial charge in [-0.3, -0.25) is 0 Å². The van der Waals surface area contributed by atoms with Crippen LogP contribution in [-0.4, -0.2) is 34.3 Å². The summed E-state index contributed by atoms with van der Waals surface area (Å²) in [6.45, 7) is 6.21. The first-order valence-corrected chi connectivity index (χ1v) is 6.07. The molecule has 0 radical (unpaired) electrons. The molecule has 0 saturated carbocycles. The van der Waals surface area contributed by atoms with Crippen molar-refractivity contribution in [1.29, 1.82) is 0 Å². The molecule has 13 heavy (non-hydrogen) atoms. The second-order valence-electron chi connectivity index (χ2n) is 4.97. The summed E-state index contributed by atoms with van der Waals surface area (Å²) in [4.78, 5) is 0. The van der Waals surface area contributed by atoms with Gasteiger partial charge in [0.1, 0.15) is 0 Å². The summed E-state index contributed by atoms with van der Waals surface area (Å²) in [5.74, 6) is 1.96. The van der Waals surface area contributed by atoms with Gasteiger partial charge in [0.2, 0.25) is 0 Å². The van der Waals surface area contributed by atoms with Gasteiger partial charge in [-0.15, -0.1) is 0 Å². The maximum atomic E-state index is 10.0. The molecule has 1 atom stereocenters. The summed E-state index contributed by atoms with van der Waals surface area (Å²) in [7, 11) is 0. The summed E-state index contributed by atoms with van der Waals surface area (Å²) >= 11 is 2.05. The Morgan fingerprint density at radius 1 is 1.46 bits per heavy atom. The maximum Gasteiger partial charge on any atom is 0.0898 e. The van der Waals surface area contributed by atoms with Crippen molar-refractivity contribution < 1.29 is 5.11 Å². The molecule has 0 aromatic heterocycles. The average Bonchev–Trinajstić information content (AvgIpc) is 2.28. The molecule has 2 N–H and O–H groups in total. The predicted octanol–water partition coefficient (Wildman–Crippen LogP) is 1.24. The van der Waals surface area contributed by atoms with Gasteiger partial charge in [-0.2, -0.15) is 11.8 Å². The van der Waals surface area contributed by atoms with Crippen LogP contribution in [0.2, 0.25) is 0 Å². The lowest BCUT2D eigenvalue weighted by Gasteiger charge is -2.41. The Labute approximate surface area is 84.5 Å². The molecule has 0 spiro atoms. The minimum atomic E-state index is -0.382. The lowest BCUT2D eigenvalue weighted by Crippen LogP contribution is -2.60. The van der Waals surface area contributed by atoms with Gasteiger partial charge in [-0.1, -0.05) is 13.8 Å². The molecule has 0 bridgehead atoms. The SMILES string of the molecule is CC1(C)SCCC1CC1(O)CNC1. The number of nitrogens with one attached hydrogen (secondary N) is 1. The zero-order valence-electron chi connectivity index (χ0n) is 8.47. The zero-order chi connectivity index (χ0) is 9.53. The monoisotopic (exact) mass is 201 g/mol. The fraction of sp³-hybridized carbons (Fsp3) is 1.00. The second-order valence-corrected chi connectivity index (χ2v) is 6.72. The highest BCUT2D eigenvalue weighted by Gasteiger charge is 2.43. The van der Waals surface area contributed by atoms with Gasteiger partial charge in [0.15, 0.2) is 0 Å². The Morgan fingerprint density at radius 2 is 2.15 bits per heavy atom. The third-order valence-electron chi connectivity index (χ3n) is 3.46. The summed E-state index contributed by atoms with van der Waals surface area (Å²) in [5.41, 5.74) is -0.382. The van der Waals surface area contributed by atoms with E-state index in [1.165, 1.54) is 12.2 Å². The molecule has 2 aliphatic heterocycles. The first-order valence-electron chi connectivity index (χ1n) is 5.09. The van der Waals surface area contributed by atoms with E-state index in [4.69, 9.17) is 0 Å². The maximum absolute atomic E-state index is 10.0. The molecule has 2 rings (SSSR count). The van der Waals surface area contributed by atoms with E-state index in [1.807, 2.05) is 0 Å². The Kier molecular flexibility index (Phi) is 2.37. The van der Waals surface area contributed by atoms with Crippen LogP contribution in [0.3, 0.4) is 0 Å². The van der Waals surface area contributed by atoms with E-state index in [9.17, 15) is 5.11 Å². The molecule has 2 nitrogen and oxygen atoms in total. The van der Waals surface area contributed by atoms with Crippen LogP contribution in [0.1, 0.15) is 26.7 Å². The predicted molar refractivity (Wildman–Crippen MR) is 57.1 cm³/mol. The standard InChI is InChI=1S/C10H19NOS/c1-9(2)8(3-4-13-9)5-10(12)6-11-7-10/h8,11-12H,3-7H2,1-2H3. The van der Waals surface area contributed by atoms with Crippen molar-refractivity contribution in [2.75, 3.05) is 18.8 Å². The third kappa shape index (κ3) is 1.88. The molecular formula is C10H19NOS. The van der Waals surface area contributed by atoms with Crippen LogP contribution in [0.15, 0.2) is 0 Å². The van der Waals surface area contributed by atoms with Crippen LogP contribution in [0.5, 0.6) is 0 Å². The number of β-amino-alcohol motifs (C(OH)–C–C–N with tert-alkyl or cyclic N) is 1. The Morgan fingerprint density at radius 3 is 2.54 bits per heavy atom. The van der Waals surface area contributed by atoms with Crippen LogP contribution in [0, 0.1) is 5.92 Å². The number of hydrogen-bond donors (Lipinski definition) is 2. The van der Waals surface area contributed by atoms with E-state index in [0.717, 1.165) is 19.5 Å². The number of rotatable bonds is 2. The van der Waals surface area contributed by atoms with Crippen LogP contribution < -0.4 is 5.32 Å². The highest BCUT2D eigenvalue weighted by atomic mass is 32.2. The Balaban J connectivity index is 1.94. The molecule has 0 amide bonds. The van der Waals surface area contributed by atoms with Gasteiger partial charge in [-0.05, 0) is 24.5 Å². The van der Waals surface area contributed by atoms with Crippen molar-refractivity contribution in [3.63, 3.8) is 0 Å². The summed E-state index contributed by atoms with van der Waals surface area (Å²) < 4.78 is 0.380. The first-order chi connectivity index (χ1) is 6.02. The largest absolute Gasteiger partial charge is 0.387 e. The zero-order valence-corrected chi connectivity index (χ0v) is 9.28. The lowest BCUT2D eigenvalue weighted by atomic mass is 9.79. The van der Waals surface area contributed by atoms with E-state index in [2.05, 4.69) is 30.9 Å². The number of aliphatic hydroxyl groups is 1. The van der Waals surface area contributed by atoms with Gasteiger partial charge in [0.25, 0.3) is 0 Å². The summed E-state index contributed by atoms with van der Waals surface area (Å²) in [5, 5.41) is 13.2. The van der Waals surface area contributed by atoms with Crippen molar-refractivity contribution >= 4 is 11.8 Å². The number of thioether (sulfide) groups is 1. The molecule has 3 heteroatoms. The molecule has 2 fully saturated rings. The fourth-order valence-corrected chi connectivity index (χ4v) is 3.66. The van der Waals surface area contributed by atoms with Crippen molar-refractivity contribution in [3.05, 3.63) is 0 Å². The highest BCUT2D eigenvalue weighted by Crippen LogP contribution is 2.46. The molecule has 1 unspecified atom stereocenters. The molecule has 0 aromatic rings. The van der Waals surface area contributed by atoms with E-state index < -0.39 is 0 Å². The lowest BCUT2D eigenvalue weighted by molar-refractivity contribution is -0.0329. The highest BCUT2D eigenvalue weighted by molar-refractivity contribution is 8.00. The van der Waals surface area contributed by atoms with Crippen molar-refractivity contribution in [2.24, 2.45) is 5.92 Å². The van der Waals surface area contributed by atoms with E-state index >= 15 is 0 Å². The quantitative estimate of drug-likeness (QED) is 0.705. The molecule has 2 heterocycles. The van der Waals surface area contributed by atoms with Gasteiger partial charge >= 0.3 is 0 Å². The van der Waals surface area contributed by atoms with Crippen molar-refractivity contribution in [1.82, 2.24) is 5.32 Å². The van der Waals surface area contributed by atoms with Gasteiger partial charge in [0.05, 0.1) is 5.60 Å². The molecule has 76 valence electrons. The minimum Gasteiger partial charge on any atom is -0.387 e. The Bertz CT molecular complexity index is 201. The molecular weight excluding hydrogens is 182 g/mol. The van der Waals surface area contributed by atoms with Crippen molar-refractivity contribution in [3.8, 4) is 0 Å². The second kappa shape index (κ2) is 3.14. The molecule has 2 aliphatic rings. The Hall–Kier alpha value is 0.270. The van der Waals surface area contributed by atoms with Crippen LogP contribution in [0.25, 0.3) is 0 Å². The van der Waals surface area contributed by atoms with Crippen molar-refractivity contribution in [2.45, 2.75) is 37.0 Å². The van der Waals surface area contributed by atoms with E-state index in [1.54, 1.807) is 0 Å². The first kappa shape index (κ1) is 9.81. The smallest absolute Gasteiger partial charge is 0.0898 e. The van der Waals surface area contributed by atoms with E-state index in [-0.39, 0.29) is 5.60 Å². The topological polar surface area (TPSA) is 32.3 Å². The number of hydrogen-bond acceptors (Lipinski definition) is 3. The average molecular weight is 201 g/mol. The minimum absolute atomic E-state index is 0.380. The summed E-state index contributed by atoms with van der Waals surface area (Å²) in [6, 6.07) is 0. The molecule has 0 aromatic carbocycles.